The van der Waals surface area contributed by atoms with Gasteiger partial charge in [-0.15, -0.1) is 0 Å². The molecule has 2 aromatic rings. The van der Waals surface area contributed by atoms with E-state index in [1.807, 2.05) is 12.1 Å². The second-order valence-corrected chi connectivity index (χ2v) is 4.79. The van der Waals surface area contributed by atoms with E-state index in [0.29, 0.717) is 17.4 Å². The van der Waals surface area contributed by atoms with Gasteiger partial charge in [0.15, 0.2) is 11.6 Å². The number of hydrogen-bond acceptors (Lipinski definition) is 7. The van der Waals surface area contributed by atoms with E-state index in [-0.39, 0.29) is 0 Å². The maximum Gasteiger partial charge on any atom is 0.206 e. The van der Waals surface area contributed by atoms with Gasteiger partial charge in [0.2, 0.25) is 5.75 Å². The van der Waals surface area contributed by atoms with Gasteiger partial charge in [0.05, 0.1) is 18.5 Å². The molecule has 0 spiro atoms. The summed E-state index contributed by atoms with van der Waals surface area (Å²) < 4.78 is 5.44. The van der Waals surface area contributed by atoms with E-state index in [1.54, 1.807) is 7.11 Å². The zero-order valence-electron chi connectivity index (χ0n) is 12.1. The van der Waals surface area contributed by atoms with Crippen molar-refractivity contribution in [2.45, 2.75) is 0 Å². The molecule has 0 atom stereocenters. The molecular formula is C14H18N6O. The highest BCUT2D eigenvalue weighted by Gasteiger charge is 2.25. The second kappa shape index (κ2) is 5.45. The molecule has 0 radical (unpaired) electrons. The molecule has 1 aromatic heterocycles. The van der Waals surface area contributed by atoms with Crippen LogP contribution < -0.4 is 25.8 Å². The number of likely N-dealkylation sites (N-methyl/N-ethyl adjacent to an activating group) is 1. The molecule has 0 aliphatic carbocycles. The first kappa shape index (κ1) is 13.4. The van der Waals surface area contributed by atoms with Gasteiger partial charge in [-0.05, 0) is 12.1 Å². The van der Waals surface area contributed by atoms with Gasteiger partial charge in [-0.25, -0.2) is 15.8 Å². The highest BCUT2D eigenvalue weighted by Crippen LogP contribution is 2.41. The number of ether oxygens (including phenoxy) is 1. The summed E-state index contributed by atoms with van der Waals surface area (Å²) in [4.78, 5) is 12.8. The number of nitrogen functional groups attached to an aromatic ring is 1. The van der Waals surface area contributed by atoms with E-state index in [9.17, 15) is 0 Å². The molecule has 7 heteroatoms. The number of methoxy groups -OCH3 is 1. The van der Waals surface area contributed by atoms with Gasteiger partial charge in [0, 0.05) is 20.1 Å². The van der Waals surface area contributed by atoms with E-state index in [0.717, 1.165) is 24.5 Å². The number of benzene rings is 1. The van der Waals surface area contributed by atoms with Gasteiger partial charge in [0.25, 0.3) is 0 Å². The minimum Gasteiger partial charge on any atom is -0.490 e. The van der Waals surface area contributed by atoms with Crippen LogP contribution in [0.3, 0.4) is 0 Å². The summed E-state index contributed by atoms with van der Waals surface area (Å²) in [5.41, 5.74) is 4.79. The molecule has 2 heterocycles. The van der Waals surface area contributed by atoms with Crippen LogP contribution in [0.2, 0.25) is 0 Å². The number of anilines is 4. The Labute approximate surface area is 123 Å². The van der Waals surface area contributed by atoms with Crippen LogP contribution in [0.15, 0.2) is 30.6 Å². The lowest BCUT2D eigenvalue weighted by Gasteiger charge is -2.36. The predicted molar refractivity (Wildman–Crippen MR) is 83.1 cm³/mol. The van der Waals surface area contributed by atoms with Crippen molar-refractivity contribution < 1.29 is 4.74 Å². The van der Waals surface area contributed by atoms with Crippen molar-refractivity contribution in [3.05, 3.63) is 30.6 Å². The molecule has 3 N–H and O–H groups in total. The minimum absolute atomic E-state index is 0.471. The number of hydrogen-bond donors (Lipinski definition) is 2. The number of fused-ring (bicyclic) bond motifs is 1. The van der Waals surface area contributed by atoms with Crippen LogP contribution >= 0.6 is 0 Å². The number of para-hydroxylation sites is 2. The average Bonchev–Trinajstić information content (AvgIpc) is 2.54. The smallest absolute Gasteiger partial charge is 0.206 e. The Morgan fingerprint density at radius 3 is 2.67 bits per heavy atom. The van der Waals surface area contributed by atoms with Crippen LogP contribution in [0.25, 0.3) is 0 Å². The molecule has 1 aliphatic heterocycles. The third-order valence-corrected chi connectivity index (χ3v) is 3.62. The summed E-state index contributed by atoms with van der Waals surface area (Å²) in [6.45, 7) is 1.71. The van der Waals surface area contributed by atoms with Crippen LogP contribution in [0.1, 0.15) is 0 Å². The highest BCUT2D eigenvalue weighted by atomic mass is 16.5. The van der Waals surface area contributed by atoms with Crippen LogP contribution in [-0.4, -0.2) is 37.2 Å². The molecule has 7 nitrogen and oxygen atoms in total. The van der Waals surface area contributed by atoms with E-state index < -0.39 is 0 Å². The Hall–Kier alpha value is -2.54. The first-order valence-corrected chi connectivity index (χ1v) is 6.69. The van der Waals surface area contributed by atoms with Gasteiger partial charge in [-0.2, -0.15) is 0 Å². The maximum atomic E-state index is 5.49. The Morgan fingerprint density at radius 1 is 1.19 bits per heavy atom. The Morgan fingerprint density at radius 2 is 1.95 bits per heavy atom. The summed E-state index contributed by atoms with van der Waals surface area (Å²) >= 11 is 0. The zero-order valence-corrected chi connectivity index (χ0v) is 12.1. The number of nitrogens with zero attached hydrogens (tertiary/aromatic N) is 4. The molecule has 0 saturated heterocycles. The van der Waals surface area contributed by atoms with Crippen LogP contribution in [-0.2, 0) is 0 Å². The monoisotopic (exact) mass is 286 g/mol. The SMILES string of the molecule is COc1c(NN)ncnc1N1CCN(C)c2ccccc21. The predicted octanol–water partition coefficient (Wildman–Crippen LogP) is 1.36. The normalized spacial score (nSPS) is 13.9. The van der Waals surface area contributed by atoms with Crippen molar-refractivity contribution in [1.82, 2.24) is 9.97 Å². The number of hydrazine groups is 1. The number of nitrogens with one attached hydrogen (secondary N) is 1. The third-order valence-electron chi connectivity index (χ3n) is 3.62. The number of rotatable bonds is 3. The summed E-state index contributed by atoms with van der Waals surface area (Å²) in [5.74, 6) is 7.22. The van der Waals surface area contributed by atoms with Crippen molar-refractivity contribution in [3.8, 4) is 5.75 Å². The Bertz CT molecular complexity index is 647. The standard InChI is InChI=1S/C14H18N6O/c1-19-7-8-20(11-6-4-3-5-10(11)19)14-12(21-2)13(18-15)16-9-17-14/h3-6,9H,7-8,15H2,1-2H3,(H,16,17,18). The van der Waals surface area contributed by atoms with E-state index in [1.165, 1.54) is 6.33 Å². The lowest BCUT2D eigenvalue weighted by Crippen LogP contribution is -2.37. The molecule has 0 bridgehead atoms. The van der Waals surface area contributed by atoms with Crippen molar-refractivity contribution >= 4 is 23.0 Å². The molecule has 0 unspecified atom stereocenters. The fraction of sp³-hybridized carbons (Fsp3) is 0.286. The van der Waals surface area contributed by atoms with Crippen LogP contribution in [0.5, 0.6) is 5.75 Å². The van der Waals surface area contributed by atoms with E-state index in [2.05, 4.69) is 44.4 Å². The lowest BCUT2D eigenvalue weighted by molar-refractivity contribution is 0.413. The first-order chi connectivity index (χ1) is 10.3. The highest BCUT2D eigenvalue weighted by molar-refractivity contribution is 5.81. The minimum atomic E-state index is 0.471. The summed E-state index contributed by atoms with van der Waals surface area (Å²) in [6, 6.07) is 8.21. The van der Waals surface area contributed by atoms with Gasteiger partial charge in [-0.3, -0.25) is 0 Å². The molecule has 1 aliphatic rings. The molecule has 110 valence electrons. The third kappa shape index (κ3) is 2.21. The summed E-state index contributed by atoms with van der Waals surface area (Å²) in [6.07, 6.45) is 1.48. The Kier molecular flexibility index (Phi) is 3.49. The fourth-order valence-corrected chi connectivity index (χ4v) is 2.57. The second-order valence-electron chi connectivity index (χ2n) is 4.79. The Balaban J connectivity index is 2.12. The van der Waals surface area contributed by atoms with Crippen molar-refractivity contribution in [2.75, 3.05) is 42.5 Å². The van der Waals surface area contributed by atoms with Crippen molar-refractivity contribution in [1.29, 1.82) is 0 Å². The van der Waals surface area contributed by atoms with Crippen LogP contribution in [0.4, 0.5) is 23.0 Å². The largest absolute Gasteiger partial charge is 0.490 e. The van der Waals surface area contributed by atoms with Crippen LogP contribution in [0, 0.1) is 0 Å². The van der Waals surface area contributed by atoms with E-state index in [4.69, 9.17) is 10.6 Å². The zero-order chi connectivity index (χ0) is 14.8. The average molecular weight is 286 g/mol. The quantitative estimate of drug-likeness (QED) is 0.651. The molecular weight excluding hydrogens is 268 g/mol. The molecule has 0 fully saturated rings. The number of aromatic nitrogens is 2. The van der Waals surface area contributed by atoms with Gasteiger partial charge < -0.3 is 20.0 Å². The van der Waals surface area contributed by atoms with E-state index >= 15 is 0 Å². The van der Waals surface area contributed by atoms with Gasteiger partial charge in [0.1, 0.15) is 6.33 Å². The molecule has 0 saturated carbocycles. The summed E-state index contributed by atoms with van der Waals surface area (Å²) in [5, 5.41) is 0. The fourth-order valence-electron chi connectivity index (χ4n) is 2.57. The van der Waals surface area contributed by atoms with Gasteiger partial charge in [-0.1, -0.05) is 12.1 Å². The number of nitrogens with two attached hydrogens (primary N) is 1. The molecule has 1 aromatic carbocycles. The van der Waals surface area contributed by atoms with Crippen molar-refractivity contribution in [2.24, 2.45) is 5.84 Å². The van der Waals surface area contributed by atoms with Gasteiger partial charge >= 0.3 is 0 Å². The first-order valence-electron chi connectivity index (χ1n) is 6.69. The maximum absolute atomic E-state index is 5.49. The van der Waals surface area contributed by atoms with Crippen molar-refractivity contribution in [3.63, 3.8) is 0 Å². The summed E-state index contributed by atoms with van der Waals surface area (Å²) in [7, 11) is 3.67. The molecule has 3 rings (SSSR count). The molecule has 0 amide bonds. The lowest BCUT2D eigenvalue weighted by atomic mass is 10.1. The molecule has 21 heavy (non-hydrogen) atoms. The topological polar surface area (TPSA) is 79.5 Å².